The Kier molecular flexibility index (Phi) is 6.65. The van der Waals surface area contributed by atoms with E-state index in [1.807, 2.05) is 6.92 Å². The number of unbranched alkanes of at least 4 members (excludes halogenated alkanes) is 2. The van der Waals surface area contributed by atoms with Crippen molar-refractivity contribution in [1.82, 2.24) is 5.32 Å². The van der Waals surface area contributed by atoms with Crippen LogP contribution in [0, 0.1) is 0 Å². The summed E-state index contributed by atoms with van der Waals surface area (Å²) in [5.41, 5.74) is -0.597. The molecule has 0 aromatic rings. The van der Waals surface area contributed by atoms with E-state index in [2.05, 4.69) is 12.2 Å². The molecule has 4 heteroatoms. The van der Waals surface area contributed by atoms with E-state index in [0.29, 0.717) is 19.1 Å². The fourth-order valence-electron chi connectivity index (χ4n) is 1.97. The van der Waals surface area contributed by atoms with E-state index in [0.717, 1.165) is 25.9 Å². The van der Waals surface area contributed by atoms with Gasteiger partial charge in [0, 0.05) is 19.3 Å². The highest BCUT2D eigenvalue weighted by molar-refractivity contribution is 5.80. The number of hydrogen-bond donors (Lipinski definition) is 1. The van der Waals surface area contributed by atoms with Gasteiger partial charge < -0.3 is 9.47 Å². The van der Waals surface area contributed by atoms with Crippen molar-refractivity contribution in [3.05, 3.63) is 0 Å². The van der Waals surface area contributed by atoms with Gasteiger partial charge in [-0.25, -0.2) is 0 Å². The van der Waals surface area contributed by atoms with Crippen LogP contribution in [0.3, 0.4) is 0 Å². The Morgan fingerprint density at radius 3 is 2.61 bits per heavy atom. The fraction of sp³-hybridized carbons (Fsp3) is 0.929. The molecule has 0 aromatic carbocycles. The lowest BCUT2D eigenvalue weighted by atomic mass is 9.98. The Balaban J connectivity index is 2.25. The lowest BCUT2D eigenvalue weighted by Gasteiger charge is -2.28. The lowest BCUT2D eigenvalue weighted by molar-refractivity contribution is -0.149. The summed E-state index contributed by atoms with van der Waals surface area (Å²) in [6, 6.07) is 0.481. The van der Waals surface area contributed by atoms with Crippen LogP contribution in [0.15, 0.2) is 0 Å². The van der Waals surface area contributed by atoms with Crippen LogP contribution in [0.25, 0.3) is 0 Å². The molecule has 0 bridgehead atoms. The van der Waals surface area contributed by atoms with Crippen LogP contribution in [0.2, 0.25) is 0 Å². The molecule has 4 nitrogen and oxygen atoms in total. The Bertz CT molecular complexity index is 253. The summed E-state index contributed by atoms with van der Waals surface area (Å²) >= 11 is 0. The number of ether oxygens (including phenoxy) is 2. The van der Waals surface area contributed by atoms with Crippen molar-refractivity contribution in [2.24, 2.45) is 0 Å². The molecule has 0 heterocycles. The summed E-state index contributed by atoms with van der Waals surface area (Å²) in [5, 5.41) is 3.37. The second kappa shape index (κ2) is 7.74. The molecule has 1 saturated carbocycles. The summed E-state index contributed by atoms with van der Waals surface area (Å²) < 4.78 is 10.5. The lowest BCUT2D eigenvalue weighted by Crippen LogP contribution is -2.52. The molecule has 1 aliphatic rings. The summed E-state index contributed by atoms with van der Waals surface area (Å²) in [6.45, 7) is 5.48. The van der Waals surface area contributed by atoms with Gasteiger partial charge >= 0.3 is 5.97 Å². The predicted octanol–water partition coefficient (Wildman–Crippen LogP) is 2.27. The number of esters is 1. The second-order valence-electron chi connectivity index (χ2n) is 5.31. The zero-order chi connectivity index (χ0) is 13.4. The topological polar surface area (TPSA) is 47.6 Å². The van der Waals surface area contributed by atoms with Gasteiger partial charge in [-0.2, -0.15) is 0 Å². The van der Waals surface area contributed by atoms with Crippen molar-refractivity contribution >= 4 is 5.97 Å². The molecule has 1 N–H and O–H groups in total. The summed E-state index contributed by atoms with van der Waals surface area (Å²) in [6.07, 6.45) is 6.48. The minimum absolute atomic E-state index is 0.188. The highest BCUT2D eigenvalue weighted by Gasteiger charge is 2.38. The standard InChI is InChI=1S/C14H27NO3/c1-4-5-6-10-18-11-9-14(2,13(16)17-3)15-12-7-8-12/h12,15H,4-11H2,1-3H3. The Labute approximate surface area is 110 Å². The molecule has 1 aliphatic carbocycles. The van der Waals surface area contributed by atoms with E-state index in [-0.39, 0.29) is 5.97 Å². The van der Waals surface area contributed by atoms with Crippen LogP contribution >= 0.6 is 0 Å². The SMILES string of the molecule is CCCCCOCCC(C)(NC1CC1)C(=O)OC. The normalized spacial score (nSPS) is 18.4. The van der Waals surface area contributed by atoms with Crippen molar-refractivity contribution in [2.45, 2.75) is 64.0 Å². The van der Waals surface area contributed by atoms with Gasteiger partial charge in [0.2, 0.25) is 0 Å². The maximum absolute atomic E-state index is 11.8. The van der Waals surface area contributed by atoms with Crippen LogP contribution in [0.1, 0.15) is 52.4 Å². The molecule has 0 aromatic heterocycles. The van der Waals surface area contributed by atoms with Gasteiger partial charge in [0.25, 0.3) is 0 Å². The molecule has 0 spiro atoms. The van der Waals surface area contributed by atoms with Crippen LogP contribution in [-0.2, 0) is 14.3 Å². The predicted molar refractivity (Wildman–Crippen MR) is 71.5 cm³/mol. The molecule has 0 aliphatic heterocycles. The highest BCUT2D eigenvalue weighted by atomic mass is 16.5. The average molecular weight is 257 g/mol. The first-order chi connectivity index (χ1) is 8.62. The number of hydrogen-bond acceptors (Lipinski definition) is 4. The third-order valence-electron chi connectivity index (χ3n) is 3.37. The van der Waals surface area contributed by atoms with Crippen LogP contribution in [-0.4, -0.2) is 37.9 Å². The number of nitrogens with one attached hydrogen (secondary N) is 1. The molecule has 0 saturated heterocycles. The molecule has 106 valence electrons. The third-order valence-corrected chi connectivity index (χ3v) is 3.37. The Morgan fingerprint density at radius 1 is 1.33 bits per heavy atom. The number of carbonyl (C=O) groups excluding carboxylic acids is 1. The molecule has 1 rings (SSSR count). The third kappa shape index (κ3) is 5.36. The maximum atomic E-state index is 11.8. The largest absolute Gasteiger partial charge is 0.468 e. The smallest absolute Gasteiger partial charge is 0.325 e. The number of carbonyl (C=O) groups is 1. The van der Waals surface area contributed by atoms with E-state index in [1.165, 1.54) is 20.0 Å². The minimum Gasteiger partial charge on any atom is -0.468 e. The quantitative estimate of drug-likeness (QED) is 0.482. The van der Waals surface area contributed by atoms with Crippen LogP contribution in [0.4, 0.5) is 0 Å². The highest BCUT2D eigenvalue weighted by Crippen LogP contribution is 2.24. The van der Waals surface area contributed by atoms with Gasteiger partial charge in [0.1, 0.15) is 5.54 Å². The monoisotopic (exact) mass is 257 g/mol. The molecule has 18 heavy (non-hydrogen) atoms. The van der Waals surface area contributed by atoms with Crippen molar-refractivity contribution in [1.29, 1.82) is 0 Å². The number of rotatable bonds is 10. The van der Waals surface area contributed by atoms with Crippen molar-refractivity contribution in [3.8, 4) is 0 Å². The first-order valence-corrected chi connectivity index (χ1v) is 7.06. The average Bonchev–Trinajstić information content (AvgIpc) is 3.16. The Morgan fingerprint density at radius 2 is 2.06 bits per heavy atom. The fourth-order valence-corrected chi connectivity index (χ4v) is 1.97. The van der Waals surface area contributed by atoms with Crippen LogP contribution in [0.5, 0.6) is 0 Å². The second-order valence-corrected chi connectivity index (χ2v) is 5.31. The van der Waals surface area contributed by atoms with E-state index >= 15 is 0 Å². The molecule has 1 atom stereocenters. The van der Waals surface area contributed by atoms with Gasteiger partial charge in [0.15, 0.2) is 0 Å². The van der Waals surface area contributed by atoms with Crippen LogP contribution < -0.4 is 5.32 Å². The maximum Gasteiger partial charge on any atom is 0.325 e. The molecular formula is C14H27NO3. The van der Waals surface area contributed by atoms with Gasteiger partial charge in [-0.3, -0.25) is 10.1 Å². The Hall–Kier alpha value is -0.610. The summed E-state index contributed by atoms with van der Waals surface area (Å²) in [7, 11) is 1.44. The summed E-state index contributed by atoms with van der Waals surface area (Å²) in [5.74, 6) is -0.188. The van der Waals surface area contributed by atoms with E-state index in [1.54, 1.807) is 0 Å². The van der Waals surface area contributed by atoms with Gasteiger partial charge in [-0.15, -0.1) is 0 Å². The molecule has 1 fully saturated rings. The summed E-state index contributed by atoms with van der Waals surface area (Å²) in [4.78, 5) is 11.8. The van der Waals surface area contributed by atoms with E-state index in [9.17, 15) is 4.79 Å². The first-order valence-electron chi connectivity index (χ1n) is 7.06. The van der Waals surface area contributed by atoms with Gasteiger partial charge in [0.05, 0.1) is 7.11 Å². The zero-order valence-electron chi connectivity index (χ0n) is 12.0. The van der Waals surface area contributed by atoms with Gasteiger partial charge in [-0.05, 0) is 32.6 Å². The number of methoxy groups -OCH3 is 1. The van der Waals surface area contributed by atoms with Crippen molar-refractivity contribution in [3.63, 3.8) is 0 Å². The first kappa shape index (κ1) is 15.4. The van der Waals surface area contributed by atoms with Gasteiger partial charge in [-0.1, -0.05) is 19.8 Å². The molecule has 1 unspecified atom stereocenters. The molecule has 0 amide bonds. The van der Waals surface area contributed by atoms with E-state index in [4.69, 9.17) is 9.47 Å². The van der Waals surface area contributed by atoms with E-state index < -0.39 is 5.54 Å². The minimum atomic E-state index is -0.597. The molecule has 0 radical (unpaired) electrons. The van der Waals surface area contributed by atoms with Crippen molar-refractivity contribution < 1.29 is 14.3 Å². The molecular weight excluding hydrogens is 230 g/mol. The zero-order valence-corrected chi connectivity index (χ0v) is 12.0. The van der Waals surface area contributed by atoms with Crippen molar-refractivity contribution in [2.75, 3.05) is 20.3 Å².